The van der Waals surface area contributed by atoms with Gasteiger partial charge in [0.25, 0.3) is 0 Å². The zero-order valence-electron chi connectivity index (χ0n) is 13.2. The molecule has 0 fully saturated rings. The normalized spacial score (nSPS) is 13.4. The molecule has 0 spiro atoms. The van der Waals surface area contributed by atoms with Gasteiger partial charge in [0, 0.05) is 38.2 Å². The summed E-state index contributed by atoms with van der Waals surface area (Å²) >= 11 is 0. The number of hydrogen-bond donors (Lipinski definition) is 1. The van der Waals surface area contributed by atoms with Gasteiger partial charge in [-0.3, -0.25) is 4.98 Å². The van der Waals surface area contributed by atoms with Gasteiger partial charge in [-0.2, -0.15) is 0 Å². The van der Waals surface area contributed by atoms with Gasteiger partial charge in [0.2, 0.25) is 0 Å². The van der Waals surface area contributed by atoms with Gasteiger partial charge in [-0.25, -0.2) is 0 Å². The molecular formula is C16H28N2O2. The Morgan fingerprint density at radius 1 is 1.25 bits per heavy atom. The summed E-state index contributed by atoms with van der Waals surface area (Å²) in [5, 5.41) is 3.45. The van der Waals surface area contributed by atoms with Crippen molar-refractivity contribution >= 4 is 0 Å². The number of rotatable bonds is 9. The highest BCUT2D eigenvalue weighted by atomic mass is 16.5. The Labute approximate surface area is 122 Å². The van der Waals surface area contributed by atoms with Crippen LogP contribution < -0.4 is 5.32 Å². The largest absolute Gasteiger partial charge is 0.382 e. The minimum atomic E-state index is 0.104. The Bertz CT molecular complexity index is 349. The van der Waals surface area contributed by atoms with E-state index in [1.54, 1.807) is 7.11 Å². The molecule has 0 aromatic carbocycles. The van der Waals surface area contributed by atoms with Gasteiger partial charge in [-0.05, 0) is 51.3 Å². The van der Waals surface area contributed by atoms with E-state index in [0.29, 0.717) is 6.61 Å². The molecule has 0 bridgehead atoms. The third kappa shape index (κ3) is 8.25. The van der Waals surface area contributed by atoms with Gasteiger partial charge < -0.3 is 14.8 Å². The van der Waals surface area contributed by atoms with E-state index in [0.717, 1.165) is 26.0 Å². The summed E-state index contributed by atoms with van der Waals surface area (Å²) in [5.74, 6) is 0. The van der Waals surface area contributed by atoms with E-state index in [9.17, 15) is 0 Å². The highest BCUT2D eigenvalue weighted by Crippen LogP contribution is 2.04. The van der Waals surface area contributed by atoms with Crippen LogP contribution in [0.15, 0.2) is 24.5 Å². The Kier molecular flexibility index (Phi) is 7.73. The number of nitrogens with zero attached hydrogens (tertiary/aromatic N) is 1. The van der Waals surface area contributed by atoms with E-state index < -0.39 is 0 Å². The molecule has 1 aromatic rings. The fourth-order valence-electron chi connectivity index (χ4n) is 1.85. The molecule has 0 aliphatic carbocycles. The maximum absolute atomic E-state index is 5.90. The quantitative estimate of drug-likeness (QED) is 0.706. The highest BCUT2D eigenvalue weighted by molar-refractivity contribution is 5.09. The van der Waals surface area contributed by atoms with E-state index in [2.05, 4.69) is 31.1 Å². The lowest BCUT2D eigenvalue weighted by Gasteiger charge is -2.25. The van der Waals surface area contributed by atoms with E-state index in [-0.39, 0.29) is 11.6 Å². The predicted molar refractivity (Wildman–Crippen MR) is 81.9 cm³/mol. The average Bonchev–Trinajstić information content (AvgIpc) is 2.41. The summed E-state index contributed by atoms with van der Waals surface area (Å²) in [6.07, 6.45) is 5.81. The first-order chi connectivity index (χ1) is 9.51. The molecule has 1 atom stereocenters. The lowest BCUT2D eigenvalue weighted by atomic mass is 10.1. The van der Waals surface area contributed by atoms with E-state index >= 15 is 0 Å². The molecule has 1 heterocycles. The second kappa shape index (κ2) is 9.06. The van der Waals surface area contributed by atoms with Crippen molar-refractivity contribution < 1.29 is 9.47 Å². The number of pyridine rings is 1. The van der Waals surface area contributed by atoms with E-state index in [1.165, 1.54) is 5.56 Å². The Morgan fingerprint density at radius 3 is 2.55 bits per heavy atom. The molecular weight excluding hydrogens is 252 g/mol. The number of nitrogens with one attached hydrogen (secondary N) is 1. The van der Waals surface area contributed by atoms with Crippen molar-refractivity contribution in [2.75, 3.05) is 26.9 Å². The maximum atomic E-state index is 5.90. The number of hydrogen-bond acceptors (Lipinski definition) is 4. The van der Waals surface area contributed by atoms with Gasteiger partial charge in [0.15, 0.2) is 0 Å². The third-order valence-corrected chi connectivity index (χ3v) is 2.93. The Hall–Kier alpha value is -0.970. The van der Waals surface area contributed by atoms with Gasteiger partial charge in [0.05, 0.1) is 12.7 Å². The Balaban J connectivity index is 2.21. The van der Waals surface area contributed by atoms with Crippen LogP contribution in [0.25, 0.3) is 0 Å². The molecule has 4 heteroatoms. The first kappa shape index (κ1) is 17.1. The van der Waals surface area contributed by atoms with Crippen LogP contribution >= 0.6 is 0 Å². The summed E-state index contributed by atoms with van der Waals surface area (Å²) in [6.45, 7) is 8.65. The molecule has 1 N–H and O–H groups in total. The van der Waals surface area contributed by atoms with Crippen molar-refractivity contribution in [2.24, 2.45) is 0 Å². The molecule has 20 heavy (non-hydrogen) atoms. The molecule has 0 saturated carbocycles. The second-order valence-corrected chi connectivity index (χ2v) is 6.04. The van der Waals surface area contributed by atoms with Crippen LogP contribution in [0.2, 0.25) is 0 Å². The van der Waals surface area contributed by atoms with Crippen molar-refractivity contribution in [1.29, 1.82) is 0 Å². The molecule has 0 saturated heterocycles. The lowest BCUT2D eigenvalue weighted by molar-refractivity contribution is -0.00455. The average molecular weight is 280 g/mol. The maximum Gasteiger partial charge on any atom is 0.0932 e. The van der Waals surface area contributed by atoms with Crippen LogP contribution in [-0.4, -0.2) is 43.5 Å². The monoisotopic (exact) mass is 280 g/mol. The van der Waals surface area contributed by atoms with Crippen LogP contribution in [0, 0.1) is 0 Å². The standard InChI is InChI=1S/C16H28N2O2/c1-16(2,3)18-12-15(13-19-4)20-11-5-6-14-7-9-17-10-8-14/h7-10,15,18H,5-6,11-13H2,1-4H3. The summed E-state index contributed by atoms with van der Waals surface area (Å²) in [6, 6.07) is 4.10. The number of ether oxygens (including phenoxy) is 2. The van der Waals surface area contributed by atoms with Crippen LogP contribution in [0.3, 0.4) is 0 Å². The van der Waals surface area contributed by atoms with E-state index in [1.807, 2.05) is 24.5 Å². The molecule has 1 aromatic heterocycles. The second-order valence-electron chi connectivity index (χ2n) is 6.04. The Morgan fingerprint density at radius 2 is 1.95 bits per heavy atom. The van der Waals surface area contributed by atoms with Crippen molar-refractivity contribution in [3.8, 4) is 0 Å². The van der Waals surface area contributed by atoms with Gasteiger partial charge in [-0.15, -0.1) is 0 Å². The van der Waals surface area contributed by atoms with Crippen molar-refractivity contribution in [1.82, 2.24) is 10.3 Å². The van der Waals surface area contributed by atoms with Crippen molar-refractivity contribution in [3.05, 3.63) is 30.1 Å². The number of aromatic nitrogens is 1. The minimum absolute atomic E-state index is 0.104. The molecule has 0 radical (unpaired) electrons. The zero-order chi connectivity index (χ0) is 14.8. The smallest absolute Gasteiger partial charge is 0.0932 e. The van der Waals surface area contributed by atoms with Crippen LogP contribution in [-0.2, 0) is 15.9 Å². The first-order valence-electron chi connectivity index (χ1n) is 7.26. The zero-order valence-corrected chi connectivity index (χ0v) is 13.2. The van der Waals surface area contributed by atoms with Crippen molar-refractivity contribution in [2.45, 2.75) is 45.3 Å². The topological polar surface area (TPSA) is 43.4 Å². The summed E-state index contributed by atoms with van der Waals surface area (Å²) in [4.78, 5) is 4.02. The number of methoxy groups -OCH3 is 1. The number of aryl methyl sites for hydroxylation is 1. The molecule has 114 valence electrons. The summed E-state index contributed by atoms with van der Waals surface area (Å²) < 4.78 is 11.1. The third-order valence-electron chi connectivity index (χ3n) is 2.93. The SMILES string of the molecule is COCC(CNC(C)(C)C)OCCCc1ccncc1. The molecule has 0 amide bonds. The highest BCUT2D eigenvalue weighted by Gasteiger charge is 2.14. The fourth-order valence-corrected chi connectivity index (χ4v) is 1.85. The van der Waals surface area contributed by atoms with Gasteiger partial charge in [-0.1, -0.05) is 0 Å². The molecule has 0 aliphatic rings. The van der Waals surface area contributed by atoms with Crippen LogP contribution in [0.5, 0.6) is 0 Å². The molecule has 1 rings (SSSR count). The molecule has 0 aliphatic heterocycles. The van der Waals surface area contributed by atoms with Gasteiger partial charge in [0.1, 0.15) is 0 Å². The van der Waals surface area contributed by atoms with Crippen LogP contribution in [0.4, 0.5) is 0 Å². The van der Waals surface area contributed by atoms with E-state index in [4.69, 9.17) is 9.47 Å². The van der Waals surface area contributed by atoms with Crippen molar-refractivity contribution in [3.63, 3.8) is 0 Å². The predicted octanol–water partition coefficient (Wildman–Crippen LogP) is 2.43. The van der Waals surface area contributed by atoms with Gasteiger partial charge >= 0.3 is 0 Å². The first-order valence-corrected chi connectivity index (χ1v) is 7.26. The molecule has 1 unspecified atom stereocenters. The summed E-state index contributed by atoms with van der Waals surface area (Å²) in [5.41, 5.74) is 1.41. The molecule has 4 nitrogen and oxygen atoms in total. The lowest BCUT2D eigenvalue weighted by Crippen LogP contribution is -2.43. The minimum Gasteiger partial charge on any atom is -0.382 e. The van der Waals surface area contributed by atoms with Crippen LogP contribution in [0.1, 0.15) is 32.8 Å². The summed E-state index contributed by atoms with van der Waals surface area (Å²) in [7, 11) is 1.71. The fraction of sp³-hybridized carbons (Fsp3) is 0.688.